The molecule has 3 rings (SSSR count). The minimum atomic E-state index is 0.0622. The molecule has 4 nitrogen and oxygen atoms in total. The number of likely N-dealkylation sites (tertiary alicyclic amines) is 2. The number of piperidine rings is 1. The van der Waals surface area contributed by atoms with Crippen LogP contribution in [0.1, 0.15) is 51.4 Å². The molecule has 0 N–H and O–H groups in total. The maximum Gasteiger partial charge on any atom is 0.227 e. The van der Waals surface area contributed by atoms with Crippen LogP contribution < -0.4 is 0 Å². The standard InChI is InChI=1S/C16H26N2O2/c19-15(13-6-1-2-7-13)18-11-5-8-14(12-18)16(20)17-9-3-4-10-17/h13-14H,1-12H2/t14-/m1/s1. The molecule has 112 valence electrons. The van der Waals surface area contributed by atoms with Gasteiger partial charge in [0.05, 0.1) is 5.92 Å². The highest BCUT2D eigenvalue weighted by atomic mass is 16.2. The third-order valence-electron chi connectivity index (χ3n) is 5.20. The molecule has 1 saturated carbocycles. The summed E-state index contributed by atoms with van der Waals surface area (Å²) < 4.78 is 0. The fourth-order valence-corrected chi connectivity index (χ4v) is 4.01. The summed E-state index contributed by atoms with van der Waals surface area (Å²) in [5.41, 5.74) is 0. The lowest BCUT2D eigenvalue weighted by Crippen LogP contribution is -2.47. The van der Waals surface area contributed by atoms with Gasteiger partial charge in [-0.25, -0.2) is 0 Å². The van der Waals surface area contributed by atoms with Crippen molar-refractivity contribution >= 4 is 11.8 Å². The van der Waals surface area contributed by atoms with Crippen molar-refractivity contribution in [2.75, 3.05) is 26.2 Å². The predicted octanol–water partition coefficient (Wildman–Crippen LogP) is 2.04. The molecule has 0 bridgehead atoms. The largest absolute Gasteiger partial charge is 0.342 e. The first kappa shape index (κ1) is 13.9. The Labute approximate surface area is 121 Å². The summed E-state index contributed by atoms with van der Waals surface area (Å²) >= 11 is 0. The number of hydrogen-bond acceptors (Lipinski definition) is 2. The van der Waals surface area contributed by atoms with Gasteiger partial charge in [0.25, 0.3) is 0 Å². The molecular weight excluding hydrogens is 252 g/mol. The Morgan fingerprint density at radius 2 is 1.20 bits per heavy atom. The smallest absolute Gasteiger partial charge is 0.227 e. The molecule has 1 aliphatic carbocycles. The van der Waals surface area contributed by atoms with E-state index in [0.29, 0.717) is 18.4 Å². The highest BCUT2D eigenvalue weighted by Gasteiger charge is 2.34. The van der Waals surface area contributed by atoms with E-state index in [0.717, 1.165) is 58.2 Å². The molecule has 20 heavy (non-hydrogen) atoms. The average molecular weight is 278 g/mol. The average Bonchev–Trinajstić information content (AvgIpc) is 3.18. The van der Waals surface area contributed by atoms with Gasteiger partial charge in [-0.05, 0) is 38.5 Å². The monoisotopic (exact) mass is 278 g/mol. The van der Waals surface area contributed by atoms with Gasteiger partial charge in [0.1, 0.15) is 0 Å². The summed E-state index contributed by atoms with van der Waals surface area (Å²) in [6.45, 7) is 3.38. The molecule has 2 saturated heterocycles. The summed E-state index contributed by atoms with van der Waals surface area (Å²) in [5, 5.41) is 0. The zero-order valence-corrected chi connectivity index (χ0v) is 12.4. The first-order valence-corrected chi connectivity index (χ1v) is 8.33. The minimum Gasteiger partial charge on any atom is -0.342 e. The first-order valence-electron chi connectivity index (χ1n) is 8.33. The Hall–Kier alpha value is -1.06. The van der Waals surface area contributed by atoms with Crippen LogP contribution in [0.15, 0.2) is 0 Å². The number of nitrogens with zero attached hydrogens (tertiary/aromatic N) is 2. The summed E-state index contributed by atoms with van der Waals surface area (Å²) in [7, 11) is 0. The zero-order chi connectivity index (χ0) is 13.9. The predicted molar refractivity (Wildman–Crippen MR) is 77.1 cm³/mol. The van der Waals surface area contributed by atoms with E-state index in [2.05, 4.69) is 0 Å². The molecule has 0 unspecified atom stereocenters. The lowest BCUT2D eigenvalue weighted by atomic mass is 9.95. The Kier molecular flexibility index (Phi) is 4.27. The second kappa shape index (κ2) is 6.15. The van der Waals surface area contributed by atoms with Crippen molar-refractivity contribution in [3.05, 3.63) is 0 Å². The van der Waals surface area contributed by atoms with Crippen molar-refractivity contribution < 1.29 is 9.59 Å². The van der Waals surface area contributed by atoms with Gasteiger partial charge in [0.15, 0.2) is 0 Å². The van der Waals surface area contributed by atoms with Crippen LogP contribution in [-0.2, 0) is 9.59 Å². The van der Waals surface area contributed by atoms with Gasteiger partial charge in [0, 0.05) is 32.1 Å². The van der Waals surface area contributed by atoms with Gasteiger partial charge < -0.3 is 9.80 Å². The number of amides is 2. The second-order valence-electron chi connectivity index (χ2n) is 6.64. The van der Waals surface area contributed by atoms with E-state index in [9.17, 15) is 9.59 Å². The van der Waals surface area contributed by atoms with E-state index < -0.39 is 0 Å². The van der Waals surface area contributed by atoms with Crippen LogP contribution in [0.3, 0.4) is 0 Å². The van der Waals surface area contributed by atoms with Crippen molar-refractivity contribution in [1.29, 1.82) is 0 Å². The Morgan fingerprint density at radius 1 is 0.650 bits per heavy atom. The van der Waals surface area contributed by atoms with Gasteiger partial charge >= 0.3 is 0 Å². The molecule has 2 aliphatic heterocycles. The molecule has 0 radical (unpaired) electrons. The topological polar surface area (TPSA) is 40.6 Å². The molecular formula is C16H26N2O2. The lowest BCUT2D eigenvalue weighted by molar-refractivity contribution is -0.142. The molecule has 0 aromatic carbocycles. The lowest BCUT2D eigenvalue weighted by Gasteiger charge is -2.35. The van der Waals surface area contributed by atoms with Crippen LogP contribution in [-0.4, -0.2) is 47.8 Å². The van der Waals surface area contributed by atoms with Crippen LogP contribution >= 0.6 is 0 Å². The third-order valence-corrected chi connectivity index (χ3v) is 5.20. The van der Waals surface area contributed by atoms with Gasteiger partial charge in [-0.3, -0.25) is 9.59 Å². The van der Waals surface area contributed by atoms with Crippen molar-refractivity contribution in [2.24, 2.45) is 11.8 Å². The van der Waals surface area contributed by atoms with Gasteiger partial charge in [-0.1, -0.05) is 12.8 Å². The molecule has 2 heterocycles. The highest BCUT2D eigenvalue weighted by molar-refractivity contribution is 5.82. The van der Waals surface area contributed by atoms with E-state index in [1.807, 2.05) is 9.80 Å². The fraction of sp³-hybridized carbons (Fsp3) is 0.875. The number of hydrogen-bond donors (Lipinski definition) is 0. The van der Waals surface area contributed by atoms with Gasteiger partial charge in [-0.15, -0.1) is 0 Å². The Bertz CT molecular complexity index is 337. The maximum absolute atomic E-state index is 12.5. The van der Waals surface area contributed by atoms with E-state index in [1.54, 1.807) is 0 Å². The Morgan fingerprint density at radius 3 is 1.90 bits per heavy atom. The summed E-state index contributed by atoms with van der Waals surface area (Å²) in [4.78, 5) is 29.0. The molecule has 0 aromatic rings. The highest BCUT2D eigenvalue weighted by Crippen LogP contribution is 2.29. The SMILES string of the molecule is O=C(C1CCCC1)N1CCC[C@@H](C(=O)N2CCCC2)C1. The van der Waals surface area contributed by atoms with Gasteiger partial charge in [0.2, 0.25) is 11.8 Å². The van der Waals surface area contributed by atoms with Crippen LogP contribution in [0.4, 0.5) is 0 Å². The number of carbonyl (C=O) groups excluding carboxylic acids is 2. The minimum absolute atomic E-state index is 0.0622. The van der Waals surface area contributed by atoms with Crippen molar-refractivity contribution in [3.8, 4) is 0 Å². The second-order valence-corrected chi connectivity index (χ2v) is 6.64. The molecule has 0 spiro atoms. The zero-order valence-electron chi connectivity index (χ0n) is 12.4. The number of rotatable bonds is 2. The van der Waals surface area contributed by atoms with Crippen molar-refractivity contribution in [1.82, 2.24) is 9.80 Å². The van der Waals surface area contributed by atoms with E-state index in [4.69, 9.17) is 0 Å². The molecule has 3 aliphatic rings. The van der Waals surface area contributed by atoms with Gasteiger partial charge in [-0.2, -0.15) is 0 Å². The van der Waals surface area contributed by atoms with Crippen molar-refractivity contribution in [3.63, 3.8) is 0 Å². The molecule has 3 fully saturated rings. The molecule has 1 atom stereocenters. The summed E-state index contributed by atoms with van der Waals surface area (Å²) in [6, 6.07) is 0. The summed E-state index contributed by atoms with van der Waals surface area (Å²) in [5.74, 6) is 0.927. The van der Waals surface area contributed by atoms with Crippen molar-refractivity contribution in [2.45, 2.75) is 51.4 Å². The van der Waals surface area contributed by atoms with E-state index in [1.165, 1.54) is 12.8 Å². The molecule has 0 aromatic heterocycles. The fourth-order valence-electron chi connectivity index (χ4n) is 4.01. The third kappa shape index (κ3) is 2.84. The van der Waals surface area contributed by atoms with E-state index >= 15 is 0 Å². The number of carbonyl (C=O) groups is 2. The first-order chi connectivity index (χ1) is 9.75. The van der Waals surface area contributed by atoms with E-state index in [-0.39, 0.29) is 11.8 Å². The van der Waals surface area contributed by atoms with Crippen LogP contribution in [0.5, 0.6) is 0 Å². The maximum atomic E-state index is 12.5. The molecule has 2 amide bonds. The van der Waals surface area contributed by atoms with Crippen LogP contribution in [0, 0.1) is 11.8 Å². The van der Waals surface area contributed by atoms with Crippen LogP contribution in [0.25, 0.3) is 0 Å². The summed E-state index contributed by atoms with van der Waals surface area (Å²) in [6.07, 6.45) is 8.74. The normalized spacial score (nSPS) is 28.1. The molecule has 4 heteroatoms. The quantitative estimate of drug-likeness (QED) is 0.775. The Balaban J connectivity index is 1.58. The van der Waals surface area contributed by atoms with Crippen LogP contribution in [0.2, 0.25) is 0 Å².